The van der Waals surface area contributed by atoms with Crippen molar-refractivity contribution in [2.45, 2.75) is 32.4 Å². The molecule has 0 radical (unpaired) electrons. The lowest BCUT2D eigenvalue weighted by Gasteiger charge is -2.05. The van der Waals surface area contributed by atoms with Crippen LogP contribution in [0.3, 0.4) is 0 Å². The Morgan fingerprint density at radius 3 is 2.60 bits per heavy atom. The van der Waals surface area contributed by atoms with E-state index < -0.39 is 23.9 Å². The highest BCUT2D eigenvalue weighted by Gasteiger charge is 2.14. The smallest absolute Gasteiger partial charge is 0.320 e. The van der Waals surface area contributed by atoms with Gasteiger partial charge >= 0.3 is 5.97 Å². The Morgan fingerprint density at radius 1 is 1.67 bits per heavy atom. The highest BCUT2D eigenvalue weighted by atomic mass is 19.1. The van der Waals surface area contributed by atoms with Crippen molar-refractivity contribution in [3.05, 3.63) is 11.9 Å². The van der Waals surface area contributed by atoms with Gasteiger partial charge in [-0.2, -0.15) is 0 Å². The number of carboxylic acids is 1. The number of amidine groups is 1. The number of aliphatic imine (C=N–C) groups is 1. The molecule has 6 heteroatoms. The summed E-state index contributed by atoms with van der Waals surface area (Å²) in [6.07, 6.45) is 0.859. The Kier molecular flexibility index (Phi) is 5.54. The van der Waals surface area contributed by atoms with Gasteiger partial charge in [0, 0.05) is 6.42 Å². The quantitative estimate of drug-likeness (QED) is 0.458. The first kappa shape index (κ1) is 13.6. The summed E-state index contributed by atoms with van der Waals surface area (Å²) >= 11 is 0. The maximum absolute atomic E-state index is 13.1. The van der Waals surface area contributed by atoms with Crippen LogP contribution in [0.25, 0.3) is 0 Å². The zero-order valence-electron chi connectivity index (χ0n) is 8.77. The largest absolute Gasteiger partial charge is 0.480 e. The summed E-state index contributed by atoms with van der Waals surface area (Å²) in [5.41, 5.74) is 10.5. The maximum atomic E-state index is 13.1. The molecule has 0 aliphatic heterocycles. The molecule has 0 bridgehead atoms. The zero-order valence-corrected chi connectivity index (χ0v) is 8.77. The van der Waals surface area contributed by atoms with Gasteiger partial charge in [-0.25, -0.2) is 4.39 Å². The van der Waals surface area contributed by atoms with Crippen LogP contribution in [0, 0.1) is 0 Å². The van der Waals surface area contributed by atoms with Gasteiger partial charge in [-0.05, 0) is 19.9 Å². The molecule has 0 heterocycles. The molecule has 0 aliphatic rings. The molecule has 2 unspecified atom stereocenters. The second-order valence-electron chi connectivity index (χ2n) is 3.27. The van der Waals surface area contributed by atoms with Gasteiger partial charge in [0.15, 0.2) is 0 Å². The number of nitrogens with two attached hydrogens (primary N) is 2. The van der Waals surface area contributed by atoms with Gasteiger partial charge in [-0.15, -0.1) is 0 Å². The molecule has 0 rings (SSSR count). The fourth-order valence-corrected chi connectivity index (χ4v) is 0.986. The normalized spacial score (nSPS) is 17.3. The summed E-state index contributed by atoms with van der Waals surface area (Å²) in [6, 6.07) is -1.65. The fraction of sp³-hybridized carbons (Fsp3) is 0.556. The molecule has 0 saturated carbocycles. The second-order valence-corrected chi connectivity index (χ2v) is 3.27. The van der Waals surface area contributed by atoms with Crippen LogP contribution in [0.4, 0.5) is 4.39 Å². The van der Waals surface area contributed by atoms with Gasteiger partial charge in [0.05, 0.1) is 11.9 Å². The molecular formula is C9H16FN3O2. The first-order valence-electron chi connectivity index (χ1n) is 4.47. The third-order valence-electron chi connectivity index (χ3n) is 1.56. The minimum absolute atomic E-state index is 0.335. The van der Waals surface area contributed by atoms with Crippen molar-refractivity contribution in [2.75, 3.05) is 0 Å². The summed E-state index contributed by atoms with van der Waals surface area (Å²) in [6.45, 7) is 3.23. The number of carboxylic acid groups (broad SMARTS) is 1. The number of hydrogen-bond donors (Lipinski definition) is 3. The molecule has 0 aromatic carbocycles. The lowest BCUT2D eigenvalue weighted by Crippen LogP contribution is -2.30. The Balaban J connectivity index is 4.32. The van der Waals surface area contributed by atoms with Crippen LogP contribution in [-0.2, 0) is 4.79 Å². The third-order valence-corrected chi connectivity index (χ3v) is 1.56. The Labute approximate surface area is 87.7 Å². The Morgan fingerprint density at radius 2 is 2.20 bits per heavy atom. The van der Waals surface area contributed by atoms with Crippen LogP contribution < -0.4 is 11.5 Å². The van der Waals surface area contributed by atoms with Crippen molar-refractivity contribution in [3.8, 4) is 0 Å². The first-order valence-corrected chi connectivity index (χ1v) is 4.47. The molecule has 2 atom stereocenters. The van der Waals surface area contributed by atoms with Gasteiger partial charge in [-0.3, -0.25) is 9.79 Å². The number of nitrogens with zero attached hydrogens (tertiary/aromatic N) is 1. The molecule has 0 spiro atoms. The van der Waals surface area contributed by atoms with E-state index in [2.05, 4.69) is 4.99 Å². The molecule has 0 amide bonds. The Bertz CT molecular complexity index is 285. The van der Waals surface area contributed by atoms with Crippen LogP contribution in [0.15, 0.2) is 16.9 Å². The number of aliphatic carboxylic acids is 1. The van der Waals surface area contributed by atoms with E-state index in [-0.39, 0.29) is 6.42 Å². The van der Waals surface area contributed by atoms with Crippen molar-refractivity contribution in [2.24, 2.45) is 16.5 Å². The summed E-state index contributed by atoms with van der Waals surface area (Å²) < 4.78 is 13.1. The van der Waals surface area contributed by atoms with E-state index in [1.807, 2.05) is 0 Å². The van der Waals surface area contributed by atoms with Crippen molar-refractivity contribution in [3.63, 3.8) is 0 Å². The van der Waals surface area contributed by atoms with E-state index in [1.54, 1.807) is 13.8 Å². The summed E-state index contributed by atoms with van der Waals surface area (Å²) in [4.78, 5) is 14.2. The predicted molar refractivity (Wildman–Crippen MR) is 56.2 cm³/mol. The summed E-state index contributed by atoms with van der Waals surface area (Å²) in [5, 5.41) is 8.44. The minimum atomic E-state index is -1.23. The van der Waals surface area contributed by atoms with Gasteiger partial charge in [0.25, 0.3) is 0 Å². The summed E-state index contributed by atoms with van der Waals surface area (Å²) in [7, 11) is 0. The fourth-order valence-electron chi connectivity index (χ4n) is 0.986. The van der Waals surface area contributed by atoms with E-state index in [1.165, 1.54) is 6.08 Å². The summed E-state index contributed by atoms with van der Waals surface area (Å²) in [5.74, 6) is -1.49. The number of carbonyl (C=O) groups is 1. The molecule has 0 fully saturated rings. The number of halogens is 1. The van der Waals surface area contributed by atoms with Crippen LogP contribution in [0.1, 0.15) is 20.3 Å². The standard InChI is InChI=1S/C9H16FN3O2/c1-5(13-6(2)11)3-7(10)4-8(12)9(14)15/h3,5,8H,4,12H2,1-2H3,(H2,11,13)(H,14,15). The lowest BCUT2D eigenvalue weighted by atomic mass is 10.2. The molecule has 0 aromatic rings. The molecule has 0 aromatic heterocycles. The van der Waals surface area contributed by atoms with Crippen LogP contribution in [-0.4, -0.2) is 29.0 Å². The van der Waals surface area contributed by atoms with E-state index in [9.17, 15) is 9.18 Å². The lowest BCUT2D eigenvalue weighted by molar-refractivity contribution is -0.138. The molecule has 86 valence electrons. The highest BCUT2D eigenvalue weighted by molar-refractivity contribution is 5.77. The molecule has 5 nitrogen and oxygen atoms in total. The van der Waals surface area contributed by atoms with E-state index in [4.69, 9.17) is 16.6 Å². The Hall–Kier alpha value is -1.43. The first-order chi connectivity index (χ1) is 6.82. The van der Waals surface area contributed by atoms with Crippen molar-refractivity contribution < 1.29 is 14.3 Å². The molecule has 15 heavy (non-hydrogen) atoms. The zero-order chi connectivity index (χ0) is 12.0. The average Bonchev–Trinajstić information content (AvgIpc) is 2.00. The van der Waals surface area contributed by atoms with Crippen molar-refractivity contribution in [1.82, 2.24) is 0 Å². The van der Waals surface area contributed by atoms with E-state index in [0.717, 1.165) is 0 Å². The number of rotatable bonds is 5. The number of hydrogen-bond acceptors (Lipinski definition) is 3. The molecule has 0 saturated heterocycles. The minimum Gasteiger partial charge on any atom is -0.480 e. The second kappa shape index (κ2) is 6.13. The average molecular weight is 217 g/mol. The van der Waals surface area contributed by atoms with E-state index in [0.29, 0.717) is 5.84 Å². The van der Waals surface area contributed by atoms with Crippen LogP contribution >= 0.6 is 0 Å². The van der Waals surface area contributed by atoms with Gasteiger partial charge in [0.2, 0.25) is 0 Å². The van der Waals surface area contributed by atoms with Gasteiger partial charge in [0.1, 0.15) is 11.9 Å². The van der Waals surface area contributed by atoms with Gasteiger partial charge < -0.3 is 16.6 Å². The monoisotopic (exact) mass is 217 g/mol. The topological polar surface area (TPSA) is 102 Å². The van der Waals surface area contributed by atoms with Crippen molar-refractivity contribution in [1.29, 1.82) is 0 Å². The predicted octanol–water partition coefficient (Wildman–Crippen LogP) is 0.407. The third kappa shape index (κ3) is 6.62. The van der Waals surface area contributed by atoms with Crippen molar-refractivity contribution >= 4 is 11.8 Å². The highest BCUT2D eigenvalue weighted by Crippen LogP contribution is 2.08. The SMILES string of the molecule is CC(N)=NC(C)C=C(F)CC(N)C(=O)O. The van der Waals surface area contributed by atoms with Crippen LogP contribution in [0.5, 0.6) is 0 Å². The van der Waals surface area contributed by atoms with E-state index >= 15 is 0 Å². The van der Waals surface area contributed by atoms with Gasteiger partial charge in [-0.1, -0.05) is 0 Å². The van der Waals surface area contributed by atoms with Crippen LogP contribution in [0.2, 0.25) is 0 Å². The molecule has 5 N–H and O–H groups in total. The molecular weight excluding hydrogens is 201 g/mol. The molecule has 0 aliphatic carbocycles. The maximum Gasteiger partial charge on any atom is 0.320 e.